The first kappa shape index (κ1) is 23.2. The molecule has 2 aromatic heterocycles. The Bertz CT molecular complexity index is 1210. The lowest BCUT2D eigenvalue weighted by molar-refractivity contribution is -0.137. The summed E-state index contributed by atoms with van der Waals surface area (Å²) in [6, 6.07) is 5.49. The van der Waals surface area contributed by atoms with Crippen LogP contribution in [0.25, 0.3) is 11.4 Å². The standard InChI is InChI=1S/C23H22F5N7/c24-15-5-6-16(18(25)14-15)19-30-21(34-8-1-2-9-34)32-22(31-19)35-12-10-33(11-13-35)20-17(23(26,27)28)4-3-7-29-20/h3-7,14H,1-2,8-13H2. The van der Waals surface area contributed by atoms with Gasteiger partial charge in [0.1, 0.15) is 17.5 Å². The van der Waals surface area contributed by atoms with E-state index in [1.165, 1.54) is 18.3 Å². The highest BCUT2D eigenvalue weighted by Gasteiger charge is 2.36. The van der Waals surface area contributed by atoms with Gasteiger partial charge in [-0.05, 0) is 37.1 Å². The first-order chi connectivity index (χ1) is 16.8. The van der Waals surface area contributed by atoms with Gasteiger partial charge >= 0.3 is 6.18 Å². The van der Waals surface area contributed by atoms with Gasteiger partial charge in [0.2, 0.25) is 11.9 Å². The van der Waals surface area contributed by atoms with Crippen molar-refractivity contribution in [1.82, 2.24) is 19.9 Å². The van der Waals surface area contributed by atoms with Gasteiger partial charge in [-0.2, -0.15) is 28.1 Å². The molecule has 3 aromatic rings. The van der Waals surface area contributed by atoms with Gasteiger partial charge in [-0.3, -0.25) is 0 Å². The third-order valence-electron chi connectivity index (χ3n) is 6.13. The zero-order chi connectivity index (χ0) is 24.6. The molecule has 2 aliphatic rings. The van der Waals surface area contributed by atoms with Gasteiger partial charge in [-0.15, -0.1) is 0 Å². The number of nitrogens with zero attached hydrogens (tertiary/aromatic N) is 7. The number of hydrogen-bond acceptors (Lipinski definition) is 7. The number of piperazine rings is 1. The van der Waals surface area contributed by atoms with Crippen molar-refractivity contribution >= 4 is 17.7 Å². The molecular weight excluding hydrogens is 469 g/mol. The molecule has 0 radical (unpaired) electrons. The lowest BCUT2D eigenvalue weighted by atomic mass is 10.2. The Balaban J connectivity index is 1.43. The van der Waals surface area contributed by atoms with Gasteiger partial charge in [0.15, 0.2) is 5.82 Å². The number of alkyl halides is 3. The quantitative estimate of drug-likeness (QED) is 0.508. The summed E-state index contributed by atoms with van der Waals surface area (Å²) < 4.78 is 68.3. The van der Waals surface area contributed by atoms with E-state index in [-0.39, 0.29) is 30.3 Å². The van der Waals surface area contributed by atoms with Crippen molar-refractivity contribution < 1.29 is 22.0 Å². The number of rotatable bonds is 4. The molecule has 0 unspecified atom stereocenters. The number of hydrogen-bond donors (Lipinski definition) is 0. The SMILES string of the molecule is Fc1ccc(-c2nc(N3CCCC3)nc(N3CCN(c4ncccc4C(F)(F)F)CC3)n2)c(F)c1. The van der Waals surface area contributed by atoms with Crippen molar-refractivity contribution in [3.8, 4) is 11.4 Å². The van der Waals surface area contributed by atoms with Crippen LogP contribution in [0.1, 0.15) is 18.4 Å². The van der Waals surface area contributed by atoms with Crippen LogP contribution in [0.2, 0.25) is 0 Å². The molecule has 4 heterocycles. The Morgan fingerprint density at radius 2 is 1.37 bits per heavy atom. The van der Waals surface area contributed by atoms with E-state index in [0.717, 1.165) is 44.1 Å². The maximum atomic E-state index is 14.5. The summed E-state index contributed by atoms with van der Waals surface area (Å²) in [5, 5.41) is 0. The second-order valence-corrected chi connectivity index (χ2v) is 8.42. The van der Waals surface area contributed by atoms with Crippen molar-refractivity contribution in [3.05, 3.63) is 53.7 Å². The highest BCUT2D eigenvalue weighted by atomic mass is 19.4. The molecule has 12 heteroatoms. The van der Waals surface area contributed by atoms with Crippen LogP contribution in [0, 0.1) is 11.6 Å². The molecule has 5 rings (SSSR count). The molecule has 0 aliphatic carbocycles. The molecule has 35 heavy (non-hydrogen) atoms. The Hall–Kier alpha value is -3.57. The molecule has 0 spiro atoms. The Morgan fingerprint density at radius 1 is 0.743 bits per heavy atom. The van der Waals surface area contributed by atoms with Crippen LogP contribution < -0.4 is 14.7 Å². The highest BCUT2D eigenvalue weighted by Crippen LogP contribution is 2.35. The summed E-state index contributed by atoms with van der Waals surface area (Å²) in [5.41, 5.74) is -0.726. The van der Waals surface area contributed by atoms with Gasteiger partial charge in [0.05, 0.1) is 11.1 Å². The highest BCUT2D eigenvalue weighted by molar-refractivity contribution is 5.60. The van der Waals surface area contributed by atoms with E-state index in [2.05, 4.69) is 19.9 Å². The van der Waals surface area contributed by atoms with E-state index in [1.807, 2.05) is 9.80 Å². The van der Waals surface area contributed by atoms with E-state index < -0.39 is 23.4 Å². The maximum Gasteiger partial charge on any atom is 0.419 e. The van der Waals surface area contributed by atoms with E-state index in [0.29, 0.717) is 25.0 Å². The van der Waals surface area contributed by atoms with E-state index in [9.17, 15) is 22.0 Å². The molecule has 2 fully saturated rings. The summed E-state index contributed by atoms with van der Waals surface area (Å²) in [7, 11) is 0. The summed E-state index contributed by atoms with van der Waals surface area (Å²) in [4.78, 5) is 22.8. The Kier molecular flexibility index (Phi) is 6.12. The zero-order valence-electron chi connectivity index (χ0n) is 18.6. The summed E-state index contributed by atoms with van der Waals surface area (Å²) >= 11 is 0. The van der Waals surface area contributed by atoms with Gasteiger partial charge in [0, 0.05) is 51.5 Å². The topological polar surface area (TPSA) is 61.3 Å². The van der Waals surface area contributed by atoms with E-state index in [4.69, 9.17) is 0 Å². The molecular formula is C23H22F5N7. The first-order valence-corrected chi connectivity index (χ1v) is 11.3. The Morgan fingerprint density at radius 3 is 2.00 bits per heavy atom. The zero-order valence-corrected chi connectivity index (χ0v) is 18.6. The number of halogens is 5. The Labute approximate surface area is 198 Å². The molecule has 0 bridgehead atoms. The maximum absolute atomic E-state index is 14.5. The minimum Gasteiger partial charge on any atom is -0.353 e. The van der Waals surface area contributed by atoms with Gasteiger partial charge < -0.3 is 14.7 Å². The molecule has 0 amide bonds. The fourth-order valence-corrected chi connectivity index (χ4v) is 4.33. The first-order valence-electron chi connectivity index (χ1n) is 11.3. The normalized spacial score (nSPS) is 16.8. The smallest absolute Gasteiger partial charge is 0.353 e. The molecule has 184 valence electrons. The summed E-state index contributed by atoms with van der Waals surface area (Å²) in [6.07, 6.45) is -1.21. The average molecular weight is 491 g/mol. The van der Waals surface area contributed by atoms with Crippen LogP contribution >= 0.6 is 0 Å². The van der Waals surface area contributed by atoms with Crippen LogP contribution in [-0.2, 0) is 6.18 Å². The lowest BCUT2D eigenvalue weighted by Crippen LogP contribution is -2.48. The molecule has 0 atom stereocenters. The predicted octanol–water partition coefficient (Wildman–Crippen LogP) is 4.16. The van der Waals surface area contributed by atoms with Gasteiger partial charge in [-0.1, -0.05) is 0 Å². The summed E-state index contributed by atoms with van der Waals surface area (Å²) in [5.74, 6) is -0.809. The van der Waals surface area contributed by atoms with Crippen molar-refractivity contribution in [3.63, 3.8) is 0 Å². The molecule has 0 saturated carbocycles. The molecule has 1 aromatic carbocycles. The van der Waals surface area contributed by atoms with Gasteiger partial charge in [-0.25, -0.2) is 13.8 Å². The van der Waals surface area contributed by atoms with Crippen molar-refractivity contribution in [1.29, 1.82) is 0 Å². The second kappa shape index (κ2) is 9.23. The van der Waals surface area contributed by atoms with E-state index in [1.54, 1.807) is 4.90 Å². The lowest BCUT2D eigenvalue weighted by Gasteiger charge is -2.36. The van der Waals surface area contributed by atoms with Crippen LogP contribution in [0.15, 0.2) is 36.5 Å². The number of benzene rings is 1. The fourth-order valence-electron chi connectivity index (χ4n) is 4.33. The molecule has 7 nitrogen and oxygen atoms in total. The monoisotopic (exact) mass is 491 g/mol. The average Bonchev–Trinajstić information content (AvgIpc) is 3.39. The van der Waals surface area contributed by atoms with Crippen LogP contribution in [-0.4, -0.2) is 59.2 Å². The molecule has 2 saturated heterocycles. The number of aromatic nitrogens is 4. The van der Waals surface area contributed by atoms with Crippen molar-refractivity contribution in [2.45, 2.75) is 19.0 Å². The molecule has 0 N–H and O–H groups in total. The van der Waals surface area contributed by atoms with Crippen molar-refractivity contribution in [2.24, 2.45) is 0 Å². The largest absolute Gasteiger partial charge is 0.419 e. The van der Waals surface area contributed by atoms with Crippen LogP contribution in [0.4, 0.5) is 39.7 Å². The second-order valence-electron chi connectivity index (χ2n) is 8.42. The minimum atomic E-state index is -4.51. The molecule has 2 aliphatic heterocycles. The number of pyridine rings is 1. The summed E-state index contributed by atoms with van der Waals surface area (Å²) in [6.45, 7) is 2.71. The van der Waals surface area contributed by atoms with Crippen LogP contribution in [0.5, 0.6) is 0 Å². The fraction of sp³-hybridized carbons (Fsp3) is 0.391. The third kappa shape index (κ3) is 4.82. The van der Waals surface area contributed by atoms with Crippen LogP contribution in [0.3, 0.4) is 0 Å². The number of anilines is 3. The minimum absolute atomic E-state index is 0.0532. The van der Waals surface area contributed by atoms with Crippen molar-refractivity contribution in [2.75, 3.05) is 54.0 Å². The predicted molar refractivity (Wildman–Crippen MR) is 120 cm³/mol. The third-order valence-corrected chi connectivity index (χ3v) is 6.13. The van der Waals surface area contributed by atoms with Gasteiger partial charge in [0.25, 0.3) is 0 Å². The van der Waals surface area contributed by atoms with E-state index >= 15 is 0 Å².